The number of nitrogens with zero attached hydrogens (tertiary/aromatic N) is 1. The molecule has 0 radical (unpaired) electrons. The average Bonchev–Trinajstić information content (AvgIpc) is 2.45. The minimum absolute atomic E-state index is 0.0632. The van der Waals surface area contributed by atoms with Crippen LogP contribution in [0.1, 0.15) is 20.3 Å². The predicted octanol–water partition coefficient (Wildman–Crippen LogP) is -0.0787. The Kier molecular flexibility index (Phi) is 4.07. The van der Waals surface area contributed by atoms with E-state index in [0.29, 0.717) is 12.3 Å². The van der Waals surface area contributed by atoms with Gasteiger partial charge in [0.2, 0.25) is 5.91 Å². The van der Waals surface area contributed by atoms with Gasteiger partial charge in [-0.1, -0.05) is 6.92 Å². The molecule has 0 aromatic heterocycles. The quantitative estimate of drug-likeness (QED) is 0.718. The van der Waals surface area contributed by atoms with Crippen molar-refractivity contribution in [1.29, 1.82) is 0 Å². The van der Waals surface area contributed by atoms with Crippen molar-refractivity contribution < 1.29 is 9.00 Å². The first-order valence-corrected chi connectivity index (χ1v) is 6.63. The number of carbonyl (C=O) groups excluding carboxylic acids is 1. The van der Waals surface area contributed by atoms with E-state index in [1.54, 1.807) is 6.26 Å². The van der Waals surface area contributed by atoms with Gasteiger partial charge in [0.05, 0.1) is 12.7 Å². The molecular weight excluding hydrogens is 200 g/mol. The van der Waals surface area contributed by atoms with Crippen molar-refractivity contribution in [2.75, 3.05) is 18.6 Å². The van der Waals surface area contributed by atoms with Crippen LogP contribution in [0.5, 0.6) is 0 Å². The first-order valence-electron chi connectivity index (χ1n) is 4.90. The van der Waals surface area contributed by atoms with E-state index in [2.05, 4.69) is 5.32 Å². The molecule has 0 spiro atoms. The first kappa shape index (κ1) is 11.7. The molecule has 1 amide bonds. The third-order valence-electron chi connectivity index (χ3n) is 2.45. The molecule has 3 unspecified atom stereocenters. The van der Waals surface area contributed by atoms with Crippen molar-refractivity contribution in [3.05, 3.63) is 0 Å². The first-order chi connectivity index (χ1) is 6.56. The molecule has 1 rings (SSSR count). The number of hydrogen-bond acceptors (Lipinski definition) is 3. The summed E-state index contributed by atoms with van der Waals surface area (Å²) in [6.45, 7) is 4.41. The van der Waals surface area contributed by atoms with Gasteiger partial charge in [-0.05, 0) is 13.3 Å². The summed E-state index contributed by atoms with van der Waals surface area (Å²) in [6.07, 6.45) is 2.69. The van der Waals surface area contributed by atoms with Crippen LogP contribution in [-0.4, -0.2) is 45.8 Å². The topological polar surface area (TPSA) is 49.4 Å². The van der Waals surface area contributed by atoms with E-state index in [-0.39, 0.29) is 18.1 Å². The van der Waals surface area contributed by atoms with Crippen LogP contribution in [0.2, 0.25) is 0 Å². The summed E-state index contributed by atoms with van der Waals surface area (Å²) in [5.41, 5.74) is 0. The smallest absolute Gasteiger partial charge is 0.238 e. The number of amides is 1. The fraction of sp³-hybridized carbons (Fsp3) is 0.889. The van der Waals surface area contributed by atoms with Gasteiger partial charge in [0, 0.05) is 28.9 Å². The van der Waals surface area contributed by atoms with Crippen molar-refractivity contribution >= 4 is 16.7 Å². The summed E-state index contributed by atoms with van der Waals surface area (Å²) < 4.78 is 11.1. The maximum Gasteiger partial charge on any atom is 0.238 e. The lowest BCUT2D eigenvalue weighted by Crippen LogP contribution is -2.45. The lowest BCUT2D eigenvalue weighted by atomic mass is 10.2. The molecule has 3 atom stereocenters. The van der Waals surface area contributed by atoms with Crippen LogP contribution in [0, 0.1) is 0 Å². The van der Waals surface area contributed by atoms with E-state index in [1.165, 1.54) is 0 Å². The summed E-state index contributed by atoms with van der Waals surface area (Å²) in [7, 11) is -0.845. The van der Waals surface area contributed by atoms with Crippen molar-refractivity contribution in [1.82, 2.24) is 10.2 Å². The van der Waals surface area contributed by atoms with Crippen LogP contribution >= 0.6 is 0 Å². The Balaban J connectivity index is 2.63. The van der Waals surface area contributed by atoms with Gasteiger partial charge < -0.3 is 4.90 Å². The molecule has 5 heteroatoms. The van der Waals surface area contributed by atoms with Crippen LogP contribution in [-0.2, 0) is 15.6 Å². The van der Waals surface area contributed by atoms with Gasteiger partial charge >= 0.3 is 0 Å². The van der Waals surface area contributed by atoms with E-state index in [4.69, 9.17) is 0 Å². The van der Waals surface area contributed by atoms with E-state index < -0.39 is 10.8 Å². The zero-order valence-electron chi connectivity index (χ0n) is 8.95. The zero-order valence-corrected chi connectivity index (χ0v) is 9.76. The summed E-state index contributed by atoms with van der Waals surface area (Å²) >= 11 is 0. The SMILES string of the molecule is CCC1NCC(=O)N1C(C)CS(C)=O. The van der Waals surface area contributed by atoms with Gasteiger partial charge in [0.25, 0.3) is 0 Å². The minimum atomic E-state index is -0.845. The lowest BCUT2D eigenvalue weighted by molar-refractivity contribution is -0.129. The summed E-state index contributed by atoms with van der Waals surface area (Å²) in [5.74, 6) is 0.680. The van der Waals surface area contributed by atoms with Gasteiger partial charge in [0.15, 0.2) is 0 Å². The summed E-state index contributed by atoms with van der Waals surface area (Å²) in [4.78, 5) is 13.4. The number of nitrogens with one attached hydrogen (secondary N) is 1. The van der Waals surface area contributed by atoms with Crippen molar-refractivity contribution in [3.8, 4) is 0 Å². The number of carbonyl (C=O) groups is 1. The van der Waals surface area contributed by atoms with E-state index in [1.807, 2.05) is 18.7 Å². The molecule has 0 aromatic carbocycles. The second-order valence-electron chi connectivity index (χ2n) is 3.69. The Morgan fingerprint density at radius 1 is 1.71 bits per heavy atom. The molecule has 1 aliphatic rings. The molecular formula is C9H18N2O2S. The van der Waals surface area contributed by atoms with Gasteiger partial charge in [-0.3, -0.25) is 14.3 Å². The molecule has 0 bridgehead atoms. The molecule has 1 fully saturated rings. The highest BCUT2D eigenvalue weighted by Gasteiger charge is 2.32. The normalized spacial score (nSPS) is 26.6. The molecule has 1 N–H and O–H groups in total. The molecule has 1 saturated heterocycles. The Morgan fingerprint density at radius 3 is 2.86 bits per heavy atom. The standard InChI is InChI=1S/C9H18N2O2S/c1-4-8-10-5-9(12)11(8)7(2)6-14(3)13/h7-8,10H,4-6H2,1-3H3. The van der Waals surface area contributed by atoms with Crippen LogP contribution in [0.15, 0.2) is 0 Å². The summed E-state index contributed by atoms with van der Waals surface area (Å²) in [6, 6.07) is 0.0632. The van der Waals surface area contributed by atoms with Crippen LogP contribution in [0.25, 0.3) is 0 Å². The van der Waals surface area contributed by atoms with Gasteiger partial charge in [-0.15, -0.1) is 0 Å². The van der Waals surface area contributed by atoms with Gasteiger partial charge in [0.1, 0.15) is 0 Å². The molecule has 0 saturated carbocycles. The molecule has 82 valence electrons. The summed E-state index contributed by atoms with van der Waals surface area (Å²) in [5, 5.41) is 3.14. The fourth-order valence-corrected chi connectivity index (χ4v) is 2.72. The Bertz CT molecular complexity index is 245. The van der Waals surface area contributed by atoms with Crippen molar-refractivity contribution in [2.24, 2.45) is 0 Å². The predicted molar refractivity (Wildman–Crippen MR) is 57.3 cm³/mol. The highest BCUT2D eigenvalue weighted by molar-refractivity contribution is 7.84. The van der Waals surface area contributed by atoms with Crippen LogP contribution in [0.4, 0.5) is 0 Å². The highest BCUT2D eigenvalue weighted by Crippen LogP contribution is 2.13. The second-order valence-corrected chi connectivity index (χ2v) is 5.17. The van der Waals surface area contributed by atoms with Gasteiger partial charge in [-0.25, -0.2) is 0 Å². The molecule has 14 heavy (non-hydrogen) atoms. The largest absolute Gasteiger partial charge is 0.322 e. The maximum atomic E-state index is 11.5. The lowest BCUT2D eigenvalue weighted by Gasteiger charge is -2.29. The Hall–Kier alpha value is -0.420. The number of rotatable bonds is 4. The third-order valence-corrected chi connectivity index (χ3v) is 3.40. The van der Waals surface area contributed by atoms with Crippen molar-refractivity contribution in [2.45, 2.75) is 32.5 Å². The van der Waals surface area contributed by atoms with E-state index >= 15 is 0 Å². The average molecular weight is 218 g/mol. The molecule has 0 aliphatic carbocycles. The van der Waals surface area contributed by atoms with Crippen LogP contribution < -0.4 is 5.32 Å². The monoisotopic (exact) mass is 218 g/mol. The zero-order chi connectivity index (χ0) is 10.7. The highest BCUT2D eigenvalue weighted by atomic mass is 32.2. The Morgan fingerprint density at radius 2 is 2.36 bits per heavy atom. The van der Waals surface area contributed by atoms with E-state index in [9.17, 15) is 9.00 Å². The molecule has 0 aromatic rings. The molecule has 1 aliphatic heterocycles. The third kappa shape index (κ3) is 2.54. The minimum Gasteiger partial charge on any atom is -0.322 e. The molecule has 1 heterocycles. The second kappa shape index (κ2) is 4.89. The van der Waals surface area contributed by atoms with Crippen LogP contribution in [0.3, 0.4) is 0 Å². The molecule has 4 nitrogen and oxygen atoms in total. The van der Waals surface area contributed by atoms with Crippen molar-refractivity contribution in [3.63, 3.8) is 0 Å². The maximum absolute atomic E-state index is 11.5. The van der Waals surface area contributed by atoms with Gasteiger partial charge in [-0.2, -0.15) is 0 Å². The Labute approximate surface area is 87.5 Å². The fourth-order valence-electron chi connectivity index (χ4n) is 1.88. The number of hydrogen-bond donors (Lipinski definition) is 1. The van der Waals surface area contributed by atoms with E-state index in [0.717, 1.165) is 6.42 Å².